The number of aromatic nitrogens is 1. The lowest BCUT2D eigenvalue weighted by Crippen LogP contribution is -2.36. The van der Waals surface area contributed by atoms with Crippen LogP contribution in [-0.4, -0.2) is 23.2 Å². The number of halogens is 1. The number of carbonyl (C=O) groups is 1. The Kier molecular flexibility index (Phi) is 5.03. The van der Waals surface area contributed by atoms with Crippen molar-refractivity contribution >= 4 is 5.91 Å². The second-order valence-corrected chi connectivity index (χ2v) is 6.69. The van der Waals surface area contributed by atoms with Crippen molar-refractivity contribution in [3.8, 4) is 5.69 Å². The highest BCUT2D eigenvalue weighted by Crippen LogP contribution is 2.27. The molecular formula is C22H21FN2O2. The molecule has 138 valence electrons. The van der Waals surface area contributed by atoms with E-state index in [0.717, 1.165) is 24.1 Å². The minimum absolute atomic E-state index is 0.0986. The fourth-order valence-corrected chi connectivity index (χ4v) is 3.44. The SMILES string of the molecule is O=C(N[C@H](c1ccc(F)cc1)[C@H]1CCCO1)c1ccc(-n2cccc2)cc1. The molecule has 2 heterocycles. The Morgan fingerprint density at radius 2 is 1.78 bits per heavy atom. The van der Waals surface area contributed by atoms with Gasteiger partial charge in [0, 0.05) is 30.3 Å². The van der Waals surface area contributed by atoms with Crippen molar-refractivity contribution in [2.24, 2.45) is 0 Å². The van der Waals surface area contributed by atoms with E-state index >= 15 is 0 Å². The third-order valence-corrected chi connectivity index (χ3v) is 4.88. The minimum Gasteiger partial charge on any atom is -0.376 e. The third kappa shape index (κ3) is 3.93. The number of nitrogens with one attached hydrogen (secondary N) is 1. The fourth-order valence-electron chi connectivity index (χ4n) is 3.44. The van der Waals surface area contributed by atoms with Crippen molar-refractivity contribution in [2.45, 2.75) is 25.0 Å². The highest BCUT2D eigenvalue weighted by Gasteiger charge is 2.29. The molecule has 0 aliphatic carbocycles. The maximum atomic E-state index is 13.3. The van der Waals surface area contributed by atoms with Crippen LogP contribution >= 0.6 is 0 Å². The van der Waals surface area contributed by atoms with Gasteiger partial charge in [0.15, 0.2) is 0 Å². The number of ether oxygens (including phenoxy) is 1. The Labute approximate surface area is 157 Å². The van der Waals surface area contributed by atoms with Crippen molar-refractivity contribution < 1.29 is 13.9 Å². The molecule has 1 saturated heterocycles. The van der Waals surface area contributed by atoms with Gasteiger partial charge in [-0.3, -0.25) is 4.79 Å². The normalized spacial score (nSPS) is 17.6. The van der Waals surface area contributed by atoms with E-state index in [1.807, 2.05) is 53.4 Å². The van der Waals surface area contributed by atoms with Gasteiger partial charge >= 0.3 is 0 Å². The molecule has 5 heteroatoms. The standard InChI is InChI=1S/C22H21FN2O2/c23-18-9-5-16(6-10-18)21(20-4-3-15-27-20)24-22(26)17-7-11-19(12-8-17)25-13-1-2-14-25/h1-2,5-14,20-21H,3-4,15H2,(H,24,26)/t20-,21-/m1/s1. The first kappa shape index (κ1) is 17.5. The second kappa shape index (κ2) is 7.76. The van der Waals surface area contributed by atoms with Crippen LogP contribution in [0.15, 0.2) is 73.1 Å². The molecule has 1 aliphatic rings. The largest absolute Gasteiger partial charge is 0.376 e. The summed E-state index contributed by atoms with van der Waals surface area (Å²) in [6, 6.07) is 17.3. The summed E-state index contributed by atoms with van der Waals surface area (Å²) in [6.45, 7) is 0.684. The van der Waals surface area contributed by atoms with Gasteiger partial charge in [-0.05, 0) is 66.9 Å². The summed E-state index contributed by atoms with van der Waals surface area (Å²) >= 11 is 0. The number of nitrogens with zero attached hydrogens (tertiary/aromatic N) is 1. The lowest BCUT2D eigenvalue weighted by molar-refractivity contribution is 0.0672. The topological polar surface area (TPSA) is 43.3 Å². The monoisotopic (exact) mass is 364 g/mol. The number of carbonyl (C=O) groups excluding carboxylic acids is 1. The van der Waals surface area contributed by atoms with Gasteiger partial charge in [-0.1, -0.05) is 12.1 Å². The van der Waals surface area contributed by atoms with Crippen molar-refractivity contribution in [3.63, 3.8) is 0 Å². The summed E-state index contributed by atoms with van der Waals surface area (Å²) in [6.07, 6.45) is 5.64. The van der Waals surface area contributed by atoms with E-state index < -0.39 is 0 Å². The number of hydrogen-bond donors (Lipinski definition) is 1. The lowest BCUT2D eigenvalue weighted by Gasteiger charge is -2.25. The molecule has 1 fully saturated rings. The zero-order chi connectivity index (χ0) is 18.6. The van der Waals surface area contributed by atoms with Gasteiger partial charge in [-0.2, -0.15) is 0 Å². The van der Waals surface area contributed by atoms with E-state index in [9.17, 15) is 9.18 Å². The lowest BCUT2D eigenvalue weighted by atomic mass is 9.98. The van der Waals surface area contributed by atoms with Crippen LogP contribution in [0, 0.1) is 5.82 Å². The average Bonchev–Trinajstić information content (AvgIpc) is 3.41. The zero-order valence-electron chi connectivity index (χ0n) is 14.8. The molecule has 0 radical (unpaired) electrons. The van der Waals surface area contributed by atoms with Crippen molar-refractivity contribution in [2.75, 3.05) is 6.61 Å². The molecule has 2 atom stereocenters. The van der Waals surface area contributed by atoms with Crippen LogP contribution in [0.25, 0.3) is 5.69 Å². The molecular weight excluding hydrogens is 343 g/mol. The molecule has 0 bridgehead atoms. The summed E-state index contributed by atoms with van der Waals surface area (Å²) in [5.74, 6) is -0.462. The average molecular weight is 364 g/mol. The Morgan fingerprint density at radius 3 is 2.41 bits per heavy atom. The van der Waals surface area contributed by atoms with E-state index in [4.69, 9.17) is 4.74 Å². The van der Waals surface area contributed by atoms with Gasteiger partial charge in [-0.25, -0.2) is 4.39 Å². The molecule has 4 rings (SSSR count). The van der Waals surface area contributed by atoms with Crippen LogP contribution < -0.4 is 5.32 Å². The van der Waals surface area contributed by atoms with Gasteiger partial charge in [0.1, 0.15) is 5.82 Å². The van der Waals surface area contributed by atoms with Crippen LogP contribution in [0.1, 0.15) is 34.8 Å². The number of hydrogen-bond acceptors (Lipinski definition) is 2. The van der Waals surface area contributed by atoms with Crippen molar-refractivity contribution in [1.29, 1.82) is 0 Å². The molecule has 27 heavy (non-hydrogen) atoms. The first-order valence-electron chi connectivity index (χ1n) is 9.12. The maximum Gasteiger partial charge on any atom is 0.251 e. The quantitative estimate of drug-likeness (QED) is 0.735. The van der Waals surface area contributed by atoms with Crippen molar-refractivity contribution in [1.82, 2.24) is 9.88 Å². The predicted octanol–water partition coefficient (Wildman–Crippen LogP) is 4.27. The van der Waals surface area contributed by atoms with Gasteiger partial charge < -0.3 is 14.6 Å². The molecule has 1 amide bonds. The summed E-state index contributed by atoms with van der Waals surface area (Å²) < 4.78 is 21.1. The first-order chi connectivity index (χ1) is 13.2. The van der Waals surface area contributed by atoms with Gasteiger partial charge in [-0.15, -0.1) is 0 Å². The molecule has 1 aromatic heterocycles. The molecule has 2 aromatic carbocycles. The summed E-state index contributed by atoms with van der Waals surface area (Å²) in [5.41, 5.74) is 2.42. The van der Waals surface area contributed by atoms with E-state index in [0.29, 0.717) is 12.2 Å². The van der Waals surface area contributed by atoms with E-state index in [1.54, 1.807) is 12.1 Å². The van der Waals surface area contributed by atoms with Crippen LogP contribution in [0.3, 0.4) is 0 Å². The molecule has 1 N–H and O–H groups in total. The Bertz CT molecular complexity index is 883. The number of amides is 1. The molecule has 0 saturated carbocycles. The Balaban J connectivity index is 1.53. The third-order valence-electron chi connectivity index (χ3n) is 4.88. The van der Waals surface area contributed by atoms with Crippen molar-refractivity contribution in [3.05, 3.63) is 90.0 Å². The molecule has 1 aliphatic heterocycles. The van der Waals surface area contributed by atoms with Crippen LogP contribution in [0.4, 0.5) is 4.39 Å². The number of rotatable bonds is 5. The highest BCUT2D eigenvalue weighted by molar-refractivity contribution is 5.94. The zero-order valence-corrected chi connectivity index (χ0v) is 14.8. The predicted molar refractivity (Wildman–Crippen MR) is 101 cm³/mol. The smallest absolute Gasteiger partial charge is 0.251 e. The summed E-state index contributed by atoms with van der Waals surface area (Å²) in [7, 11) is 0. The first-order valence-corrected chi connectivity index (χ1v) is 9.12. The Morgan fingerprint density at radius 1 is 1.07 bits per heavy atom. The minimum atomic E-state index is -0.301. The van der Waals surface area contributed by atoms with Crippen LogP contribution in [-0.2, 0) is 4.74 Å². The van der Waals surface area contributed by atoms with Gasteiger partial charge in [0.25, 0.3) is 5.91 Å². The fraction of sp³-hybridized carbons (Fsp3) is 0.227. The summed E-state index contributed by atoms with van der Waals surface area (Å²) in [5, 5.41) is 3.07. The maximum absolute atomic E-state index is 13.3. The molecule has 3 aromatic rings. The summed E-state index contributed by atoms with van der Waals surface area (Å²) in [4.78, 5) is 12.8. The van der Waals surface area contributed by atoms with Gasteiger partial charge in [0.2, 0.25) is 0 Å². The van der Waals surface area contributed by atoms with Gasteiger partial charge in [0.05, 0.1) is 12.1 Å². The molecule has 0 spiro atoms. The molecule has 4 nitrogen and oxygen atoms in total. The van der Waals surface area contributed by atoms with E-state index in [1.165, 1.54) is 12.1 Å². The van der Waals surface area contributed by atoms with Crippen LogP contribution in [0.2, 0.25) is 0 Å². The van der Waals surface area contributed by atoms with E-state index in [2.05, 4.69) is 5.32 Å². The second-order valence-electron chi connectivity index (χ2n) is 6.69. The highest BCUT2D eigenvalue weighted by atomic mass is 19.1. The number of benzene rings is 2. The molecule has 0 unspecified atom stereocenters. The van der Waals surface area contributed by atoms with E-state index in [-0.39, 0.29) is 23.9 Å². The van der Waals surface area contributed by atoms with Crippen LogP contribution in [0.5, 0.6) is 0 Å². The Hall–Kier alpha value is -2.92.